The van der Waals surface area contributed by atoms with E-state index in [0.29, 0.717) is 13.2 Å². The Kier molecular flexibility index (Phi) is 9.76. The molecule has 0 aromatic heterocycles. The third-order valence-corrected chi connectivity index (χ3v) is 2.99. The summed E-state index contributed by atoms with van der Waals surface area (Å²) in [4.78, 5) is 24.2. The van der Waals surface area contributed by atoms with Crippen LogP contribution in [-0.2, 0) is 19.1 Å². The van der Waals surface area contributed by atoms with Crippen LogP contribution in [0.15, 0.2) is 11.6 Å². The maximum Gasteiger partial charge on any atom is 0.345 e. The molecule has 0 heterocycles. The van der Waals surface area contributed by atoms with Gasteiger partial charge in [-0.15, -0.1) is 0 Å². The summed E-state index contributed by atoms with van der Waals surface area (Å²) in [6.45, 7) is 12.5. The first-order valence-electron chi connectivity index (χ1n) is 7.87. The van der Waals surface area contributed by atoms with E-state index in [1.807, 2.05) is 41.5 Å². The Morgan fingerprint density at radius 2 is 1.24 bits per heavy atom. The van der Waals surface area contributed by atoms with E-state index in [0.717, 1.165) is 12.8 Å². The van der Waals surface area contributed by atoms with Crippen molar-refractivity contribution < 1.29 is 19.1 Å². The molecule has 0 fully saturated rings. The van der Waals surface area contributed by atoms with Crippen molar-refractivity contribution in [3.05, 3.63) is 11.6 Å². The van der Waals surface area contributed by atoms with Crippen LogP contribution in [0.4, 0.5) is 0 Å². The van der Waals surface area contributed by atoms with Crippen molar-refractivity contribution in [2.45, 2.75) is 54.4 Å². The molecule has 0 aliphatic rings. The van der Waals surface area contributed by atoms with Gasteiger partial charge in [-0.05, 0) is 30.6 Å². The fourth-order valence-electron chi connectivity index (χ4n) is 1.62. The standard InChI is InChI=1S/C17H30O4/c1-7-14(8-2)9-15(16(18)20-10-12(3)4)17(19)21-11-13(5)6/h9,12-14H,7-8,10-11H2,1-6H3. The Morgan fingerprint density at radius 1 is 0.857 bits per heavy atom. The van der Waals surface area contributed by atoms with Crippen LogP contribution in [0.25, 0.3) is 0 Å². The molecular weight excluding hydrogens is 268 g/mol. The van der Waals surface area contributed by atoms with Gasteiger partial charge in [-0.2, -0.15) is 0 Å². The molecule has 4 heteroatoms. The van der Waals surface area contributed by atoms with E-state index in [-0.39, 0.29) is 23.3 Å². The summed E-state index contributed by atoms with van der Waals surface area (Å²) in [5.74, 6) is -0.517. The number of ether oxygens (including phenoxy) is 2. The van der Waals surface area contributed by atoms with Crippen molar-refractivity contribution >= 4 is 11.9 Å². The molecule has 0 aliphatic heterocycles. The number of hydrogen-bond donors (Lipinski definition) is 0. The lowest BCUT2D eigenvalue weighted by Crippen LogP contribution is -2.22. The molecule has 0 N–H and O–H groups in total. The van der Waals surface area contributed by atoms with Gasteiger partial charge in [0.1, 0.15) is 5.57 Å². The number of carbonyl (C=O) groups excluding carboxylic acids is 2. The molecule has 0 aliphatic carbocycles. The lowest BCUT2D eigenvalue weighted by Gasteiger charge is -2.13. The quantitative estimate of drug-likeness (QED) is 0.281. The molecule has 0 radical (unpaired) electrons. The van der Waals surface area contributed by atoms with E-state index in [2.05, 4.69) is 0 Å². The highest BCUT2D eigenvalue weighted by Gasteiger charge is 2.23. The molecule has 0 saturated heterocycles. The summed E-state index contributed by atoms with van der Waals surface area (Å²) in [5.41, 5.74) is 0.0324. The van der Waals surface area contributed by atoms with E-state index >= 15 is 0 Å². The Bertz CT molecular complexity index is 326. The summed E-state index contributed by atoms with van der Waals surface area (Å²) in [6.07, 6.45) is 3.44. The minimum Gasteiger partial charge on any atom is -0.462 e. The minimum absolute atomic E-state index is 0.0324. The van der Waals surface area contributed by atoms with Crippen LogP contribution < -0.4 is 0 Å². The lowest BCUT2D eigenvalue weighted by molar-refractivity contribution is -0.148. The SMILES string of the molecule is CCC(C=C(C(=O)OCC(C)C)C(=O)OCC(C)C)CC. The molecule has 0 unspecified atom stereocenters. The maximum absolute atomic E-state index is 12.1. The molecule has 0 aromatic carbocycles. The third kappa shape index (κ3) is 8.53. The van der Waals surface area contributed by atoms with Crippen molar-refractivity contribution in [3.8, 4) is 0 Å². The first kappa shape index (κ1) is 19.7. The predicted molar refractivity (Wildman–Crippen MR) is 83.7 cm³/mol. The first-order chi connectivity index (χ1) is 9.81. The Morgan fingerprint density at radius 3 is 1.52 bits per heavy atom. The fourth-order valence-corrected chi connectivity index (χ4v) is 1.62. The zero-order valence-corrected chi connectivity index (χ0v) is 14.3. The monoisotopic (exact) mass is 298 g/mol. The van der Waals surface area contributed by atoms with Gasteiger partial charge < -0.3 is 9.47 Å². The van der Waals surface area contributed by atoms with Crippen LogP contribution in [-0.4, -0.2) is 25.2 Å². The molecule has 0 atom stereocenters. The molecule has 0 rings (SSSR count). The van der Waals surface area contributed by atoms with Gasteiger partial charge in [0.2, 0.25) is 0 Å². The number of rotatable bonds is 9. The smallest absolute Gasteiger partial charge is 0.345 e. The minimum atomic E-state index is -0.579. The average Bonchev–Trinajstić information content (AvgIpc) is 2.43. The summed E-state index contributed by atoms with van der Waals surface area (Å²) in [5, 5.41) is 0. The topological polar surface area (TPSA) is 52.6 Å². The molecule has 0 spiro atoms. The molecule has 21 heavy (non-hydrogen) atoms. The van der Waals surface area contributed by atoms with Crippen molar-refractivity contribution in [1.82, 2.24) is 0 Å². The number of esters is 2. The van der Waals surface area contributed by atoms with Gasteiger partial charge in [-0.3, -0.25) is 0 Å². The molecule has 122 valence electrons. The van der Waals surface area contributed by atoms with Crippen LogP contribution in [0, 0.1) is 17.8 Å². The Labute approximate surface area is 128 Å². The third-order valence-electron chi connectivity index (χ3n) is 2.99. The highest BCUT2D eigenvalue weighted by Crippen LogP contribution is 2.15. The molecule has 0 saturated carbocycles. The van der Waals surface area contributed by atoms with Crippen molar-refractivity contribution in [2.24, 2.45) is 17.8 Å². The van der Waals surface area contributed by atoms with Crippen molar-refractivity contribution in [1.29, 1.82) is 0 Å². The van der Waals surface area contributed by atoms with Gasteiger partial charge in [0.05, 0.1) is 13.2 Å². The van der Waals surface area contributed by atoms with E-state index in [1.54, 1.807) is 6.08 Å². The maximum atomic E-state index is 12.1. The van der Waals surface area contributed by atoms with Gasteiger partial charge in [0.25, 0.3) is 0 Å². The zero-order chi connectivity index (χ0) is 16.4. The van der Waals surface area contributed by atoms with Crippen LogP contribution in [0.1, 0.15) is 54.4 Å². The summed E-state index contributed by atoms with van der Waals surface area (Å²) < 4.78 is 10.4. The van der Waals surface area contributed by atoms with Crippen LogP contribution in [0.3, 0.4) is 0 Å². The van der Waals surface area contributed by atoms with E-state index in [4.69, 9.17) is 9.47 Å². The predicted octanol–water partition coefficient (Wildman–Crippen LogP) is 3.75. The number of hydrogen-bond acceptors (Lipinski definition) is 4. The molecule has 0 amide bonds. The van der Waals surface area contributed by atoms with Crippen LogP contribution >= 0.6 is 0 Å². The van der Waals surface area contributed by atoms with Crippen molar-refractivity contribution in [3.63, 3.8) is 0 Å². The highest BCUT2D eigenvalue weighted by atomic mass is 16.6. The normalized spacial score (nSPS) is 10.9. The molecular formula is C17H30O4. The van der Waals surface area contributed by atoms with E-state index in [9.17, 15) is 9.59 Å². The van der Waals surface area contributed by atoms with Crippen LogP contribution in [0.5, 0.6) is 0 Å². The van der Waals surface area contributed by atoms with Gasteiger partial charge in [-0.25, -0.2) is 9.59 Å². The second-order valence-electron chi connectivity index (χ2n) is 6.14. The van der Waals surface area contributed by atoms with E-state index < -0.39 is 11.9 Å². The Hall–Kier alpha value is -1.32. The molecule has 0 bridgehead atoms. The second kappa shape index (κ2) is 10.4. The molecule has 0 aromatic rings. The summed E-state index contributed by atoms with van der Waals surface area (Å²) in [6, 6.07) is 0. The highest BCUT2D eigenvalue weighted by molar-refractivity contribution is 6.14. The van der Waals surface area contributed by atoms with Gasteiger partial charge in [-0.1, -0.05) is 47.6 Å². The van der Waals surface area contributed by atoms with E-state index in [1.165, 1.54) is 0 Å². The average molecular weight is 298 g/mol. The summed E-state index contributed by atoms with van der Waals surface area (Å²) in [7, 11) is 0. The lowest BCUT2D eigenvalue weighted by atomic mass is 10.00. The fraction of sp³-hybridized carbons (Fsp3) is 0.765. The number of allylic oxidation sites excluding steroid dienone is 1. The zero-order valence-electron chi connectivity index (χ0n) is 14.3. The molecule has 4 nitrogen and oxygen atoms in total. The Balaban J connectivity index is 4.99. The van der Waals surface area contributed by atoms with Gasteiger partial charge in [0, 0.05) is 0 Å². The van der Waals surface area contributed by atoms with Gasteiger partial charge >= 0.3 is 11.9 Å². The second-order valence-corrected chi connectivity index (χ2v) is 6.14. The summed E-state index contributed by atoms with van der Waals surface area (Å²) >= 11 is 0. The number of carbonyl (C=O) groups is 2. The largest absolute Gasteiger partial charge is 0.462 e. The first-order valence-corrected chi connectivity index (χ1v) is 7.87. The van der Waals surface area contributed by atoms with Crippen LogP contribution in [0.2, 0.25) is 0 Å². The van der Waals surface area contributed by atoms with Gasteiger partial charge in [0.15, 0.2) is 0 Å². The van der Waals surface area contributed by atoms with Crippen molar-refractivity contribution in [2.75, 3.05) is 13.2 Å².